The Morgan fingerprint density at radius 3 is 2.65 bits per heavy atom. The van der Waals surface area contributed by atoms with E-state index in [1.54, 1.807) is 12.3 Å². The molecule has 0 saturated heterocycles. The number of nitrogens with one attached hydrogen (secondary N) is 1. The molecule has 1 atom stereocenters. The topological polar surface area (TPSA) is 65.6 Å². The lowest BCUT2D eigenvalue weighted by atomic mass is 10.1. The highest BCUT2D eigenvalue weighted by Gasteiger charge is 2.15. The third-order valence-corrected chi connectivity index (χ3v) is 3.89. The van der Waals surface area contributed by atoms with Crippen LogP contribution < -0.4 is 0 Å². The molecule has 0 aliphatic rings. The smallest absolute Gasteiger partial charge is 0.354 e. The van der Waals surface area contributed by atoms with Crippen molar-refractivity contribution < 1.29 is 14.6 Å². The maximum Gasteiger partial charge on any atom is 0.354 e. The molecule has 0 fully saturated rings. The average molecular weight is 316 g/mol. The van der Waals surface area contributed by atoms with Gasteiger partial charge in [0.2, 0.25) is 0 Å². The van der Waals surface area contributed by atoms with Gasteiger partial charge in [-0.3, -0.25) is 4.90 Å². The Balaban J connectivity index is 1.98. The van der Waals surface area contributed by atoms with Gasteiger partial charge in [-0.2, -0.15) is 0 Å². The molecule has 0 saturated carbocycles. The third kappa shape index (κ3) is 4.68. The van der Waals surface area contributed by atoms with Crippen LogP contribution in [0.3, 0.4) is 0 Å². The van der Waals surface area contributed by atoms with Gasteiger partial charge in [0.05, 0.1) is 13.2 Å². The van der Waals surface area contributed by atoms with Crippen LogP contribution in [0.2, 0.25) is 0 Å². The van der Waals surface area contributed by atoms with Crippen LogP contribution in [0.25, 0.3) is 0 Å². The Bertz CT molecular complexity index is 634. The molecule has 0 spiro atoms. The number of benzene rings is 1. The monoisotopic (exact) mass is 316 g/mol. The fraction of sp³-hybridized carbons (Fsp3) is 0.389. The summed E-state index contributed by atoms with van der Waals surface area (Å²) < 4.78 is 4.69. The van der Waals surface area contributed by atoms with Crippen molar-refractivity contribution in [2.45, 2.75) is 26.5 Å². The summed E-state index contributed by atoms with van der Waals surface area (Å²) in [5.74, 6) is -0.376. The van der Waals surface area contributed by atoms with Crippen molar-refractivity contribution in [2.75, 3.05) is 20.2 Å². The number of aromatic amines is 1. The van der Waals surface area contributed by atoms with Crippen molar-refractivity contribution in [1.82, 2.24) is 9.88 Å². The first kappa shape index (κ1) is 17.2. The molecule has 5 nitrogen and oxygen atoms in total. The summed E-state index contributed by atoms with van der Waals surface area (Å²) in [4.78, 5) is 16.5. The predicted octanol–water partition coefficient (Wildman–Crippen LogP) is 2.67. The highest BCUT2D eigenvalue weighted by molar-refractivity contribution is 5.87. The zero-order valence-corrected chi connectivity index (χ0v) is 13.9. The number of rotatable bonds is 7. The highest BCUT2D eigenvalue weighted by Crippen LogP contribution is 2.17. The molecule has 124 valence electrons. The van der Waals surface area contributed by atoms with Gasteiger partial charge in [-0.05, 0) is 30.7 Å². The highest BCUT2D eigenvalue weighted by atomic mass is 16.5. The number of carbonyl (C=O) groups excluding carboxylic acids is 1. The first-order chi connectivity index (χ1) is 11.0. The second kappa shape index (κ2) is 7.94. The molecule has 0 aliphatic carbocycles. The van der Waals surface area contributed by atoms with Crippen molar-refractivity contribution in [3.05, 3.63) is 58.9 Å². The molecular formula is C18H24N2O3. The largest absolute Gasteiger partial charge is 0.464 e. The summed E-state index contributed by atoms with van der Waals surface area (Å²) in [6.45, 7) is 6.09. The van der Waals surface area contributed by atoms with Gasteiger partial charge in [0.25, 0.3) is 0 Å². The first-order valence-electron chi connectivity index (χ1n) is 7.76. The van der Waals surface area contributed by atoms with E-state index >= 15 is 0 Å². The summed E-state index contributed by atoms with van der Waals surface area (Å²) in [6.07, 6.45) is 1.27. The number of H-pyrrole nitrogens is 1. The molecule has 1 heterocycles. The number of ether oxygens (including phenoxy) is 1. The molecule has 5 heteroatoms. The van der Waals surface area contributed by atoms with Gasteiger partial charge < -0.3 is 14.8 Å². The van der Waals surface area contributed by atoms with Gasteiger partial charge in [-0.15, -0.1) is 0 Å². The number of carbonyl (C=O) groups is 1. The van der Waals surface area contributed by atoms with Crippen molar-refractivity contribution in [2.24, 2.45) is 0 Å². The quantitative estimate of drug-likeness (QED) is 0.771. The van der Waals surface area contributed by atoms with Crippen LogP contribution in [0.5, 0.6) is 0 Å². The molecule has 0 aliphatic heterocycles. The van der Waals surface area contributed by atoms with E-state index in [0.29, 0.717) is 18.8 Å². The van der Waals surface area contributed by atoms with Crippen molar-refractivity contribution in [3.63, 3.8) is 0 Å². The SMILES string of the molecule is CCN(Cc1c[nH]c(C(=O)OC)c1)CC(O)c1ccc(C)cc1. The fourth-order valence-electron chi connectivity index (χ4n) is 2.46. The van der Waals surface area contributed by atoms with E-state index < -0.39 is 6.10 Å². The minimum atomic E-state index is -0.533. The van der Waals surface area contributed by atoms with Crippen LogP contribution in [0, 0.1) is 6.92 Å². The van der Waals surface area contributed by atoms with Gasteiger partial charge >= 0.3 is 5.97 Å². The van der Waals surface area contributed by atoms with E-state index in [-0.39, 0.29) is 5.97 Å². The van der Waals surface area contributed by atoms with Gasteiger partial charge in [0.1, 0.15) is 5.69 Å². The molecule has 0 bridgehead atoms. The minimum Gasteiger partial charge on any atom is -0.464 e. The lowest BCUT2D eigenvalue weighted by molar-refractivity contribution is 0.0594. The molecule has 2 aromatic rings. The van der Waals surface area contributed by atoms with Gasteiger partial charge in [0, 0.05) is 19.3 Å². The van der Waals surface area contributed by atoms with Gasteiger partial charge in [-0.25, -0.2) is 4.79 Å². The summed E-state index contributed by atoms with van der Waals surface area (Å²) in [5.41, 5.74) is 3.52. The summed E-state index contributed by atoms with van der Waals surface area (Å²) in [6, 6.07) is 9.71. The molecule has 1 aromatic carbocycles. The number of aromatic nitrogens is 1. The Morgan fingerprint density at radius 1 is 1.35 bits per heavy atom. The lowest BCUT2D eigenvalue weighted by Crippen LogP contribution is -2.28. The number of hydrogen-bond acceptors (Lipinski definition) is 4. The fourth-order valence-corrected chi connectivity index (χ4v) is 2.46. The lowest BCUT2D eigenvalue weighted by Gasteiger charge is -2.23. The van der Waals surface area contributed by atoms with Gasteiger partial charge in [0.15, 0.2) is 0 Å². The Hall–Kier alpha value is -2.11. The molecule has 2 rings (SSSR count). The first-order valence-corrected chi connectivity index (χ1v) is 7.76. The van der Waals surface area contributed by atoms with Crippen LogP contribution in [0.4, 0.5) is 0 Å². The number of methoxy groups -OCH3 is 1. The summed E-state index contributed by atoms with van der Waals surface area (Å²) >= 11 is 0. The van der Waals surface area contributed by atoms with E-state index in [2.05, 4.69) is 21.5 Å². The zero-order chi connectivity index (χ0) is 16.8. The maximum atomic E-state index is 11.5. The van der Waals surface area contributed by atoms with E-state index in [1.165, 1.54) is 12.7 Å². The molecule has 1 aromatic heterocycles. The number of hydrogen-bond donors (Lipinski definition) is 2. The van der Waals surface area contributed by atoms with E-state index in [0.717, 1.165) is 17.7 Å². The number of esters is 1. The number of likely N-dealkylation sites (N-methyl/N-ethyl adjacent to an activating group) is 1. The number of aliphatic hydroxyl groups excluding tert-OH is 1. The summed E-state index contributed by atoms with van der Waals surface area (Å²) in [5, 5.41) is 10.4. The Labute approximate surface area is 136 Å². The van der Waals surface area contributed by atoms with Crippen molar-refractivity contribution >= 4 is 5.97 Å². The normalized spacial score (nSPS) is 12.4. The van der Waals surface area contributed by atoms with Crippen LogP contribution in [-0.2, 0) is 11.3 Å². The molecule has 1 unspecified atom stereocenters. The molecule has 0 radical (unpaired) electrons. The maximum absolute atomic E-state index is 11.5. The van der Waals surface area contributed by atoms with Crippen LogP contribution in [0.15, 0.2) is 36.5 Å². The Morgan fingerprint density at radius 2 is 2.04 bits per heavy atom. The summed E-state index contributed by atoms with van der Waals surface area (Å²) in [7, 11) is 1.36. The number of aliphatic hydroxyl groups is 1. The van der Waals surface area contributed by atoms with E-state index in [1.807, 2.05) is 31.2 Å². The minimum absolute atomic E-state index is 0.376. The zero-order valence-electron chi connectivity index (χ0n) is 13.9. The second-order valence-electron chi connectivity index (χ2n) is 5.67. The van der Waals surface area contributed by atoms with Crippen molar-refractivity contribution in [3.8, 4) is 0 Å². The van der Waals surface area contributed by atoms with Crippen LogP contribution >= 0.6 is 0 Å². The van der Waals surface area contributed by atoms with Crippen molar-refractivity contribution in [1.29, 1.82) is 0 Å². The van der Waals surface area contributed by atoms with Crippen LogP contribution in [-0.4, -0.2) is 41.2 Å². The number of aryl methyl sites for hydroxylation is 1. The predicted molar refractivity (Wildman–Crippen MR) is 89.2 cm³/mol. The van der Waals surface area contributed by atoms with Gasteiger partial charge in [-0.1, -0.05) is 36.8 Å². The van der Waals surface area contributed by atoms with E-state index in [4.69, 9.17) is 0 Å². The van der Waals surface area contributed by atoms with Crippen LogP contribution in [0.1, 0.15) is 40.2 Å². The second-order valence-corrected chi connectivity index (χ2v) is 5.67. The third-order valence-electron chi connectivity index (χ3n) is 3.89. The Kier molecular flexibility index (Phi) is 5.96. The van der Waals surface area contributed by atoms with E-state index in [9.17, 15) is 9.90 Å². The molecule has 0 amide bonds. The molecular weight excluding hydrogens is 292 g/mol. The number of nitrogens with zero attached hydrogens (tertiary/aromatic N) is 1. The average Bonchev–Trinajstić information content (AvgIpc) is 3.02. The standard InChI is InChI=1S/C18H24N2O3/c1-4-20(11-14-9-16(19-10-14)18(22)23-3)12-17(21)15-7-5-13(2)6-8-15/h5-10,17,19,21H,4,11-12H2,1-3H3. The molecule has 2 N–H and O–H groups in total. The molecule has 23 heavy (non-hydrogen) atoms.